The molecule has 1 aromatic carbocycles. The van der Waals surface area contributed by atoms with E-state index in [2.05, 4.69) is 26.4 Å². The Hall–Kier alpha value is -4.22. The molecule has 6 amide bonds. The van der Waals surface area contributed by atoms with Crippen molar-refractivity contribution < 1.29 is 28.5 Å². The second-order valence-corrected chi connectivity index (χ2v) is 8.01. The number of carbonyl (C=O) groups excluding carboxylic acids is 5. The van der Waals surface area contributed by atoms with E-state index in [1.54, 1.807) is 31.2 Å². The number of anilines is 2. The molecule has 1 fully saturated rings. The van der Waals surface area contributed by atoms with Crippen molar-refractivity contribution in [2.75, 3.05) is 23.7 Å². The standard InChI is InChI=1S/C22H24N6O6/c1-12-11-16(27-34-12)25-22(33)24-10-3-2-9-23-14-6-4-5-13-18(14)21(32)28(20(13)31)15-7-8-17(29)26-19(15)30/h4-6,11,15,23H,2-3,7-10H2,1H3,(H,26,29,30)(H2,24,25,27,33). The lowest BCUT2D eigenvalue weighted by atomic mass is 10.0. The van der Waals surface area contributed by atoms with Crippen molar-refractivity contribution in [3.63, 3.8) is 0 Å². The zero-order chi connectivity index (χ0) is 24.2. The summed E-state index contributed by atoms with van der Waals surface area (Å²) in [6.07, 6.45) is 1.53. The Labute approximate surface area is 194 Å². The molecule has 1 saturated heterocycles. The summed E-state index contributed by atoms with van der Waals surface area (Å²) in [5, 5.41) is 14.3. The van der Waals surface area contributed by atoms with Crippen LogP contribution < -0.4 is 21.3 Å². The molecule has 3 heterocycles. The highest BCUT2D eigenvalue weighted by atomic mass is 16.5. The van der Waals surface area contributed by atoms with Gasteiger partial charge in [0, 0.05) is 31.3 Å². The molecule has 1 aromatic heterocycles. The molecule has 1 atom stereocenters. The largest absolute Gasteiger partial charge is 0.384 e. The first kappa shape index (κ1) is 23.0. The summed E-state index contributed by atoms with van der Waals surface area (Å²) in [5.41, 5.74) is 0.941. The Morgan fingerprint density at radius 1 is 1.18 bits per heavy atom. The number of unbranched alkanes of at least 4 members (excludes halogenated alkanes) is 1. The number of nitrogens with one attached hydrogen (secondary N) is 4. The maximum atomic E-state index is 13.0. The molecule has 2 aliphatic rings. The van der Waals surface area contributed by atoms with E-state index in [4.69, 9.17) is 4.52 Å². The molecule has 12 heteroatoms. The molecule has 0 radical (unpaired) electrons. The number of urea groups is 1. The second kappa shape index (κ2) is 9.73. The third-order valence-corrected chi connectivity index (χ3v) is 5.54. The van der Waals surface area contributed by atoms with Crippen LogP contribution in [0.3, 0.4) is 0 Å². The molecule has 0 spiro atoms. The molecule has 0 bridgehead atoms. The zero-order valence-corrected chi connectivity index (χ0v) is 18.5. The number of hydrogen-bond acceptors (Lipinski definition) is 8. The number of carbonyl (C=O) groups is 5. The summed E-state index contributed by atoms with van der Waals surface area (Å²) in [4.78, 5) is 62.3. The first-order valence-electron chi connectivity index (χ1n) is 10.9. The molecular formula is C22H24N6O6. The summed E-state index contributed by atoms with van der Waals surface area (Å²) in [6, 6.07) is 5.12. The van der Waals surface area contributed by atoms with E-state index in [1.807, 2.05) is 0 Å². The predicted molar refractivity (Wildman–Crippen MR) is 119 cm³/mol. The van der Waals surface area contributed by atoms with Crippen LogP contribution in [0.5, 0.6) is 0 Å². The highest BCUT2D eigenvalue weighted by Crippen LogP contribution is 2.32. The fraction of sp³-hybridized carbons (Fsp3) is 0.364. The highest BCUT2D eigenvalue weighted by molar-refractivity contribution is 6.25. The number of piperidine rings is 1. The van der Waals surface area contributed by atoms with E-state index >= 15 is 0 Å². The maximum absolute atomic E-state index is 13.0. The molecule has 4 rings (SSSR count). The topological polar surface area (TPSA) is 163 Å². The van der Waals surface area contributed by atoms with Gasteiger partial charge in [0.15, 0.2) is 5.82 Å². The quantitative estimate of drug-likeness (QED) is 0.334. The monoisotopic (exact) mass is 468 g/mol. The van der Waals surface area contributed by atoms with E-state index in [1.165, 1.54) is 0 Å². The minimum Gasteiger partial charge on any atom is -0.384 e. The van der Waals surface area contributed by atoms with Crippen LogP contribution >= 0.6 is 0 Å². The third kappa shape index (κ3) is 4.75. The van der Waals surface area contributed by atoms with E-state index in [-0.39, 0.29) is 30.0 Å². The van der Waals surface area contributed by atoms with Crippen LogP contribution in [0.4, 0.5) is 16.3 Å². The summed E-state index contributed by atoms with van der Waals surface area (Å²) in [5.74, 6) is -1.24. The summed E-state index contributed by atoms with van der Waals surface area (Å²) < 4.78 is 4.88. The smallest absolute Gasteiger partial charge is 0.320 e. The van der Waals surface area contributed by atoms with E-state index in [0.29, 0.717) is 43.2 Å². The number of imide groups is 2. The predicted octanol–water partition coefficient (Wildman–Crippen LogP) is 1.40. The van der Waals surface area contributed by atoms with Gasteiger partial charge in [-0.05, 0) is 38.3 Å². The zero-order valence-electron chi connectivity index (χ0n) is 18.5. The molecule has 2 aliphatic heterocycles. The van der Waals surface area contributed by atoms with Crippen molar-refractivity contribution in [2.24, 2.45) is 0 Å². The third-order valence-electron chi connectivity index (χ3n) is 5.54. The molecule has 0 aliphatic carbocycles. The lowest BCUT2D eigenvalue weighted by Crippen LogP contribution is -2.54. The Morgan fingerprint density at radius 3 is 2.71 bits per heavy atom. The summed E-state index contributed by atoms with van der Waals surface area (Å²) >= 11 is 0. The first-order chi connectivity index (χ1) is 16.3. The molecule has 178 valence electrons. The van der Waals surface area contributed by atoms with Gasteiger partial charge in [0.2, 0.25) is 11.8 Å². The van der Waals surface area contributed by atoms with Gasteiger partial charge in [0.1, 0.15) is 11.8 Å². The average molecular weight is 468 g/mol. The molecule has 4 N–H and O–H groups in total. The Balaban J connectivity index is 1.28. The van der Waals surface area contributed by atoms with Gasteiger partial charge in [0.05, 0.1) is 11.1 Å². The number of aromatic nitrogens is 1. The fourth-order valence-corrected chi connectivity index (χ4v) is 3.92. The van der Waals surface area contributed by atoms with Crippen LogP contribution in [-0.4, -0.2) is 58.8 Å². The van der Waals surface area contributed by atoms with Crippen LogP contribution in [0, 0.1) is 6.92 Å². The molecule has 1 unspecified atom stereocenters. The van der Waals surface area contributed by atoms with Gasteiger partial charge < -0.3 is 15.2 Å². The number of nitrogens with zero attached hydrogens (tertiary/aromatic N) is 2. The van der Waals surface area contributed by atoms with Crippen molar-refractivity contribution >= 4 is 41.2 Å². The first-order valence-corrected chi connectivity index (χ1v) is 10.9. The van der Waals surface area contributed by atoms with Crippen LogP contribution in [0.25, 0.3) is 0 Å². The fourth-order valence-electron chi connectivity index (χ4n) is 3.92. The molecule has 0 saturated carbocycles. The van der Waals surface area contributed by atoms with Crippen LogP contribution in [0.1, 0.15) is 52.2 Å². The number of aryl methyl sites for hydroxylation is 1. The lowest BCUT2D eigenvalue weighted by Gasteiger charge is -2.27. The van der Waals surface area contributed by atoms with Crippen molar-refractivity contribution in [2.45, 2.75) is 38.6 Å². The van der Waals surface area contributed by atoms with Crippen molar-refractivity contribution in [3.05, 3.63) is 41.2 Å². The van der Waals surface area contributed by atoms with E-state index in [0.717, 1.165) is 4.90 Å². The molecule has 12 nitrogen and oxygen atoms in total. The van der Waals surface area contributed by atoms with Gasteiger partial charge >= 0.3 is 6.03 Å². The SMILES string of the molecule is Cc1cc(NC(=O)NCCCCNc2cccc3c2C(=O)N(C2CCC(=O)NC2=O)C3=O)no1. The van der Waals surface area contributed by atoms with Crippen molar-refractivity contribution in [1.29, 1.82) is 0 Å². The van der Waals surface area contributed by atoms with Crippen LogP contribution in [0.15, 0.2) is 28.8 Å². The van der Waals surface area contributed by atoms with Crippen LogP contribution in [-0.2, 0) is 9.59 Å². The average Bonchev–Trinajstić information content (AvgIpc) is 3.31. The van der Waals surface area contributed by atoms with Gasteiger partial charge in [-0.25, -0.2) is 4.79 Å². The van der Waals surface area contributed by atoms with Gasteiger partial charge in [-0.2, -0.15) is 0 Å². The summed E-state index contributed by atoms with van der Waals surface area (Å²) in [6.45, 7) is 2.65. The molecule has 2 aromatic rings. The molecular weight excluding hydrogens is 444 g/mol. The van der Waals surface area contributed by atoms with E-state index < -0.39 is 29.7 Å². The number of fused-ring (bicyclic) bond motifs is 1. The Bertz CT molecular complexity index is 1160. The molecule has 34 heavy (non-hydrogen) atoms. The van der Waals surface area contributed by atoms with Gasteiger partial charge in [-0.15, -0.1) is 0 Å². The second-order valence-electron chi connectivity index (χ2n) is 8.01. The number of rotatable bonds is 8. The van der Waals surface area contributed by atoms with Crippen LogP contribution in [0.2, 0.25) is 0 Å². The van der Waals surface area contributed by atoms with Crippen molar-refractivity contribution in [3.8, 4) is 0 Å². The number of amides is 6. The normalized spacial score (nSPS) is 17.4. The Morgan fingerprint density at radius 2 is 1.97 bits per heavy atom. The maximum Gasteiger partial charge on any atom is 0.320 e. The minimum atomic E-state index is -1.00. The summed E-state index contributed by atoms with van der Waals surface area (Å²) in [7, 11) is 0. The number of hydrogen-bond donors (Lipinski definition) is 4. The van der Waals surface area contributed by atoms with E-state index in [9.17, 15) is 24.0 Å². The van der Waals surface area contributed by atoms with Gasteiger partial charge in [0.25, 0.3) is 11.8 Å². The van der Waals surface area contributed by atoms with Crippen molar-refractivity contribution in [1.82, 2.24) is 20.7 Å². The Kier molecular flexibility index (Phi) is 6.57. The van der Waals surface area contributed by atoms with Gasteiger partial charge in [-0.3, -0.25) is 34.7 Å². The highest BCUT2D eigenvalue weighted by Gasteiger charge is 2.45. The minimum absolute atomic E-state index is 0.0687. The van der Waals surface area contributed by atoms with Gasteiger partial charge in [-0.1, -0.05) is 11.2 Å². The number of benzene rings is 1. The lowest BCUT2D eigenvalue weighted by molar-refractivity contribution is -0.136.